The Bertz CT molecular complexity index is 1230. The second kappa shape index (κ2) is 7.02. The first-order valence-electron chi connectivity index (χ1n) is 9.11. The van der Waals surface area contributed by atoms with Gasteiger partial charge in [0.05, 0.1) is 24.4 Å². The van der Waals surface area contributed by atoms with Crippen LogP contribution in [-0.4, -0.2) is 50.1 Å². The molecule has 0 radical (unpaired) electrons. The molecule has 0 bridgehead atoms. The number of H-pyrrole nitrogens is 1. The maximum absolute atomic E-state index is 12.2. The zero-order valence-electron chi connectivity index (χ0n) is 15.5. The normalized spacial score (nSPS) is 16.6. The molecule has 1 fully saturated rings. The highest BCUT2D eigenvalue weighted by molar-refractivity contribution is 6.31. The number of nitrogens with zero attached hydrogens (tertiary/aromatic N) is 4. The summed E-state index contributed by atoms with van der Waals surface area (Å²) in [6, 6.07) is 5.52. The summed E-state index contributed by atoms with van der Waals surface area (Å²) in [5.74, 6) is 0.300. The van der Waals surface area contributed by atoms with Crippen LogP contribution >= 0.6 is 11.6 Å². The summed E-state index contributed by atoms with van der Waals surface area (Å²) < 4.78 is 12.4. The molecule has 0 saturated carbocycles. The zero-order valence-corrected chi connectivity index (χ0v) is 16.2. The standard InChI is InChI=1S/C19H17ClN6O3/c1-26-14-6-10(20)2-3-12(14)16(25-26)13-7-21-18-17(24-13)15(8-22-18)29-19(27)23-11-4-5-28-9-11/h2-3,6-8,11H,4-5,9H2,1H3,(H,21,22)(H,23,27). The van der Waals surface area contributed by atoms with Crippen molar-refractivity contribution >= 4 is 39.8 Å². The number of amides is 1. The maximum Gasteiger partial charge on any atom is 0.413 e. The molecular formula is C19H17ClN6O3. The average Bonchev–Trinajstić information content (AvgIpc) is 3.42. The Labute approximate surface area is 170 Å². The molecule has 1 unspecified atom stereocenters. The monoisotopic (exact) mass is 412 g/mol. The van der Waals surface area contributed by atoms with Gasteiger partial charge in [-0.2, -0.15) is 5.10 Å². The second-order valence-corrected chi connectivity index (χ2v) is 7.27. The molecule has 1 aliphatic heterocycles. The molecule has 2 N–H and O–H groups in total. The topological polar surface area (TPSA) is 107 Å². The predicted molar refractivity (Wildman–Crippen MR) is 107 cm³/mol. The Kier molecular flexibility index (Phi) is 4.33. The van der Waals surface area contributed by atoms with E-state index in [4.69, 9.17) is 21.1 Å². The van der Waals surface area contributed by atoms with E-state index >= 15 is 0 Å². The minimum absolute atomic E-state index is 0.0407. The molecule has 10 heteroatoms. The first-order valence-corrected chi connectivity index (χ1v) is 9.49. The molecule has 3 aromatic heterocycles. The molecule has 1 aromatic carbocycles. The highest BCUT2D eigenvalue weighted by Gasteiger charge is 2.21. The lowest BCUT2D eigenvalue weighted by molar-refractivity contribution is 0.178. The number of rotatable bonds is 3. The number of carbonyl (C=O) groups excluding carboxylic acids is 1. The highest BCUT2D eigenvalue weighted by atomic mass is 35.5. The largest absolute Gasteiger partial charge is 0.413 e. The highest BCUT2D eigenvalue weighted by Crippen LogP contribution is 2.30. The molecular weight excluding hydrogens is 396 g/mol. The van der Waals surface area contributed by atoms with E-state index in [-0.39, 0.29) is 6.04 Å². The summed E-state index contributed by atoms with van der Waals surface area (Å²) in [5.41, 5.74) is 3.10. The fourth-order valence-electron chi connectivity index (χ4n) is 3.42. The van der Waals surface area contributed by atoms with E-state index in [0.717, 1.165) is 17.3 Å². The van der Waals surface area contributed by atoms with Crippen LogP contribution in [0.25, 0.3) is 33.5 Å². The molecule has 1 atom stereocenters. The number of aromatic nitrogens is 5. The van der Waals surface area contributed by atoms with Gasteiger partial charge in [0.2, 0.25) is 0 Å². The molecule has 0 aliphatic carbocycles. The van der Waals surface area contributed by atoms with Crippen molar-refractivity contribution < 1.29 is 14.3 Å². The minimum atomic E-state index is -0.550. The molecule has 9 nitrogen and oxygen atoms in total. The number of hydrogen-bond acceptors (Lipinski definition) is 6. The van der Waals surface area contributed by atoms with E-state index in [1.807, 2.05) is 25.2 Å². The third kappa shape index (κ3) is 3.28. The van der Waals surface area contributed by atoms with Crippen LogP contribution in [0.15, 0.2) is 30.6 Å². The molecule has 29 heavy (non-hydrogen) atoms. The smallest absolute Gasteiger partial charge is 0.406 e. The molecule has 4 heterocycles. The van der Waals surface area contributed by atoms with Crippen molar-refractivity contribution in [3.05, 3.63) is 35.6 Å². The molecule has 1 saturated heterocycles. The van der Waals surface area contributed by atoms with E-state index in [2.05, 4.69) is 25.4 Å². The van der Waals surface area contributed by atoms with Gasteiger partial charge in [-0.25, -0.2) is 14.8 Å². The van der Waals surface area contributed by atoms with Crippen LogP contribution in [0.4, 0.5) is 4.79 Å². The molecule has 1 aliphatic rings. The van der Waals surface area contributed by atoms with Gasteiger partial charge in [-0.3, -0.25) is 4.68 Å². The van der Waals surface area contributed by atoms with Crippen LogP contribution in [0.2, 0.25) is 5.02 Å². The quantitative estimate of drug-likeness (QED) is 0.535. The van der Waals surface area contributed by atoms with E-state index in [0.29, 0.717) is 46.5 Å². The lowest BCUT2D eigenvalue weighted by atomic mass is 10.2. The number of ether oxygens (including phenoxy) is 2. The van der Waals surface area contributed by atoms with Crippen LogP contribution < -0.4 is 10.1 Å². The lowest BCUT2D eigenvalue weighted by Gasteiger charge is -2.10. The molecule has 148 valence electrons. The third-order valence-electron chi connectivity index (χ3n) is 4.86. The van der Waals surface area contributed by atoms with Gasteiger partial charge >= 0.3 is 6.09 Å². The fraction of sp³-hybridized carbons (Fsp3) is 0.263. The van der Waals surface area contributed by atoms with Crippen LogP contribution in [0.1, 0.15) is 6.42 Å². The van der Waals surface area contributed by atoms with Gasteiger partial charge in [0.1, 0.15) is 11.4 Å². The second-order valence-electron chi connectivity index (χ2n) is 6.83. The summed E-state index contributed by atoms with van der Waals surface area (Å²) in [5, 5.41) is 8.89. The Morgan fingerprint density at radius 2 is 2.34 bits per heavy atom. The summed E-state index contributed by atoms with van der Waals surface area (Å²) in [4.78, 5) is 24.2. The van der Waals surface area contributed by atoms with Gasteiger partial charge in [0, 0.05) is 30.3 Å². The van der Waals surface area contributed by atoms with Gasteiger partial charge in [-0.1, -0.05) is 11.6 Å². The average molecular weight is 413 g/mol. The van der Waals surface area contributed by atoms with Crippen molar-refractivity contribution in [3.63, 3.8) is 0 Å². The number of fused-ring (bicyclic) bond motifs is 2. The molecule has 5 rings (SSSR count). The number of aromatic amines is 1. The number of carbonyl (C=O) groups is 1. The summed E-state index contributed by atoms with van der Waals surface area (Å²) in [6.07, 6.45) is 3.42. The SMILES string of the molecule is Cn1nc(-c2cnc3[nH]cc(OC(=O)NC4CCOC4)c3n2)c2ccc(Cl)cc21. The van der Waals surface area contributed by atoms with E-state index in [1.54, 1.807) is 17.1 Å². The van der Waals surface area contributed by atoms with Crippen LogP contribution in [0.5, 0.6) is 5.75 Å². The van der Waals surface area contributed by atoms with Gasteiger partial charge in [0.25, 0.3) is 0 Å². The minimum Gasteiger partial charge on any atom is -0.406 e. The van der Waals surface area contributed by atoms with Crippen molar-refractivity contribution in [2.45, 2.75) is 12.5 Å². The van der Waals surface area contributed by atoms with Gasteiger partial charge in [-0.15, -0.1) is 0 Å². The first-order chi connectivity index (χ1) is 14.1. The Balaban J connectivity index is 1.49. The van der Waals surface area contributed by atoms with Crippen molar-refractivity contribution in [1.82, 2.24) is 30.0 Å². The summed E-state index contributed by atoms with van der Waals surface area (Å²) in [6.45, 7) is 1.12. The van der Waals surface area contributed by atoms with Crippen molar-refractivity contribution in [2.24, 2.45) is 7.05 Å². The Hall–Kier alpha value is -3.17. The van der Waals surface area contributed by atoms with Gasteiger partial charge < -0.3 is 19.8 Å². The lowest BCUT2D eigenvalue weighted by Crippen LogP contribution is -2.37. The van der Waals surface area contributed by atoms with E-state index in [9.17, 15) is 4.79 Å². The van der Waals surface area contributed by atoms with E-state index in [1.165, 1.54) is 0 Å². The number of halogens is 1. The third-order valence-corrected chi connectivity index (χ3v) is 5.09. The number of benzene rings is 1. The van der Waals surface area contributed by atoms with E-state index < -0.39 is 6.09 Å². The first kappa shape index (κ1) is 17.9. The van der Waals surface area contributed by atoms with Crippen molar-refractivity contribution in [1.29, 1.82) is 0 Å². The molecule has 1 amide bonds. The van der Waals surface area contributed by atoms with Gasteiger partial charge in [0.15, 0.2) is 16.9 Å². The van der Waals surface area contributed by atoms with Crippen molar-refractivity contribution in [2.75, 3.05) is 13.2 Å². The zero-order chi connectivity index (χ0) is 20.0. The summed E-state index contributed by atoms with van der Waals surface area (Å²) >= 11 is 6.10. The number of hydrogen-bond donors (Lipinski definition) is 2. The van der Waals surface area contributed by atoms with Crippen LogP contribution in [0, 0.1) is 0 Å². The van der Waals surface area contributed by atoms with Crippen LogP contribution in [0.3, 0.4) is 0 Å². The Morgan fingerprint density at radius 1 is 1.45 bits per heavy atom. The Morgan fingerprint density at radius 3 is 3.17 bits per heavy atom. The van der Waals surface area contributed by atoms with Crippen LogP contribution in [-0.2, 0) is 11.8 Å². The molecule has 0 spiro atoms. The maximum atomic E-state index is 12.2. The molecule has 4 aromatic rings. The van der Waals surface area contributed by atoms with Gasteiger partial charge in [-0.05, 0) is 24.6 Å². The van der Waals surface area contributed by atoms with Crippen molar-refractivity contribution in [3.8, 4) is 17.1 Å². The fourth-order valence-corrected chi connectivity index (χ4v) is 3.59. The number of aryl methyl sites for hydroxylation is 1. The number of nitrogens with one attached hydrogen (secondary N) is 2. The summed E-state index contributed by atoms with van der Waals surface area (Å²) in [7, 11) is 1.84. The predicted octanol–water partition coefficient (Wildman–Crippen LogP) is 3.04.